The second-order valence-corrected chi connectivity index (χ2v) is 6.01. The largest absolute Gasteiger partial charge is 0.368 e. The van der Waals surface area contributed by atoms with Gasteiger partial charge < -0.3 is 15.5 Å². The second kappa shape index (κ2) is 4.72. The highest BCUT2D eigenvalue weighted by Gasteiger charge is 2.21. The molecule has 1 aromatic heterocycles. The number of nitrogen functional groups attached to an aromatic ring is 1. The van der Waals surface area contributed by atoms with Crippen LogP contribution < -0.4 is 10.6 Å². The summed E-state index contributed by atoms with van der Waals surface area (Å²) in [4.78, 5) is 13.3. The predicted molar refractivity (Wildman–Crippen MR) is 74.9 cm³/mol. The van der Waals surface area contributed by atoms with Crippen molar-refractivity contribution in [3.05, 3.63) is 11.8 Å². The normalized spacial score (nSPS) is 18.1. The van der Waals surface area contributed by atoms with Gasteiger partial charge >= 0.3 is 0 Å². The van der Waals surface area contributed by atoms with E-state index < -0.39 is 0 Å². The Bertz CT molecular complexity index is 416. The number of hydrogen-bond acceptors (Lipinski definition) is 5. The lowest BCUT2D eigenvalue weighted by atomic mass is 9.92. The monoisotopic (exact) mass is 249 g/mol. The quantitative estimate of drug-likeness (QED) is 0.808. The first-order valence-electron chi connectivity index (χ1n) is 6.45. The van der Waals surface area contributed by atoms with E-state index in [1.54, 1.807) is 0 Å². The molecule has 0 saturated carbocycles. The van der Waals surface area contributed by atoms with E-state index in [9.17, 15) is 0 Å². The van der Waals surface area contributed by atoms with Gasteiger partial charge in [-0.2, -0.15) is 4.98 Å². The molecule has 0 amide bonds. The number of aromatic nitrogens is 2. The van der Waals surface area contributed by atoms with E-state index in [0.29, 0.717) is 5.95 Å². The number of hydrogen-bond donors (Lipinski definition) is 1. The van der Waals surface area contributed by atoms with E-state index in [0.717, 1.165) is 37.7 Å². The Morgan fingerprint density at radius 2 is 1.72 bits per heavy atom. The fourth-order valence-corrected chi connectivity index (χ4v) is 2.03. The molecule has 1 saturated heterocycles. The zero-order valence-electron chi connectivity index (χ0n) is 11.8. The lowest BCUT2D eigenvalue weighted by Gasteiger charge is -2.33. The van der Waals surface area contributed by atoms with Crippen LogP contribution in [0.1, 0.15) is 26.5 Å². The Morgan fingerprint density at radius 3 is 2.28 bits per heavy atom. The second-order valence-electron chi connectivity index (χ2n) is 6.01. The van der Waals surface area contributed by atoms with E-state index in [1.165, 1.54) is 0 Å². The van der Waals surface area contributed by atoms with Crippen LogP contribution in [0.5, 0.6) is 0 Å². The minimum Gasteiger partial charge on any atom is -0.368 e. The zero-order chi connectivity index (χ0) is 13.3. The average Bonchev–Trinajstić information content (AvgIpc) is 2.28. The lowest BCUT2D eigenvalue weighted by Crippen LogP contribution is -2.45. The Labute approximate surface area is 109 Å². The maximum Gasteiger partial charge on any atom is 0.222 e. The van der Waals surface area contributed by atoms with Gasteiger partial charge in [0.2, 0.25) is 5.95 Å². The van der Waals surface area contributed by atoms with Crippen LogP contribution in [0.25, 0.3) is 0 Å². The van der Waals surface area contributed by atoms with Gasteiger partial charge in [0.15, 0.2) is 0 Å². The van der Waals surface area contributed by atoms with Crippen LogP contribution >= 0.6 is 0 Å². The van der Waals surface area contributed by atoms with Crippen molar-refractivity contribution in [1.82, 2.24) is 14.9 Å². The van der Waals surface area contributed by atoms with Crippen LogP contribution in [0, 0.1) is 0 Å². The summed E-state index contributed by atoms with van der Waals surface area (Å²) in [6, 6.07) is 2.07. The Hall–Kier alpha value is -1.36. The number of piperazine rings is 1. The molecule has 0 atom stereocenters. The fraction of sp³-hybridized carbons (Fsp3) is 0.692. The Morgan fingerprint density at radius 1 is 1.11 bits per heavy atom. The maximum absolute atomic E-state index is 5.83. The van der Waals surface area contributed by atoms with Crippen molar-refractivity contribution in [1.29, 1.82) is 0 Å². The smallest absolute Gasteiger partial charge is 0.222 e. The molecule has 100 valence electrons. The van der Waals surface area contributed by atoms with E-state index in [2.05, 4.69) is 53.7 Å². The van der Waals surface area contributed by atoms with Crippen molar-refractivity contribution < 1.29 is 0 Å². The van der Waals surface area contributed by atoms with Gasteiger partial charge in [0.1, 0.15) is 5.82 Å². The number of anilines is 2. The summed E-state index contributed by atoms with van der Waals surface area (Å²) >= 11 is 0. The van der Waals surface area contributed by atoms with Crippen LogP contribution in [-0.4, -0.2) is 48.1 Å². The van der Waals surface area contributed by atoms with Crippen molar-refractivity contribution in [2.45, 2.75) is 26.2 Å². The molecule has 5 nitrogen and oxygen atoms in total. The third-order valence-corrected chi connectivity index (χ3v) is 3.33. The maximum atomic E-state index is 5.83. The van der Waals surface area contributed by atoms with Crippen molar-refractivity contribution in [3.63, 3.8) is 0 Å². The van der Waals surface area contributed by atoms with Gasteiger partial charge in [0, 0.05) is 37.7 Å². The molecule has 2 heterocycles. The van der Waals surface area contributed by atoms with Crippen molar-refractivity contribution >= 4 is 11.8 Å². The summed E-state index contributed by atoms with van der Waals surface area (Å²) < 4.78 is 0. The summed E-state index contributed by atoms with van der Waals surface area (Å²) in [5.74, 6) is 1.33. The molecule has 0 unspecified atom stereocenters. The molecule has 1 aliphatic heterocycles. The van der Waals surface area contributed by atoms with Gasteiger partial charge in [-0.1, -0.05) is 20.8 Å². The van der Waals surface area contributed by atoms with E-state index in [4.69, 9.17) is 5.73 Å². The van der Waals surface area contributed by atoms with Gasteiger partial charge in [0.25, 0.3) is 0 Å². The van der Waals surface area contributed by atoms with Crippen LogP contribution in [0.4, 0.5) is 11.8 Å². The van der Waals surface area contributed by atoms with Crippen LogP contribution in [-0.2, 0) is 5.41 Å². The zero-order valence-corrected chi connectivity index (χ0v) is 11.8. The minimum absolute atomic E-state index is 0.00160. The standard InChI is InChI=1S/C13H23N5/c1-13(2,3)10-9-11(16-12(14)15-10)18-7-5-17(4)6-8-18/h9H,5-8H2,1-4H3,(H2,14,15,16). The molecule has 0 spiro atoms. The topological polar surface area (TPSA) is 58.3 Å². The van der Waals surface area contributed by atoms with E-state index >= 15 is 0 Å². The van der Waals surface area contributed by atoms with Crippen molar-refractivity contribution in [2.24, 2.45) is 0 Å². The highest BCUT2D eigenvalue weighted by atomic mass is 15.3. The van der Waals surface area contributed by atoms with Crippen LogP contribution in [0.15, 0.2) is 6.07 Å². The molecule has 2 N–H and O–H groups in total. The summed E-state index contributed by atoms with van der Waals surface area (Å²) in [7, 11) is 2.15. The van der Waals surface area contributed by atoms with Crippen molar-refractivity contribution in [3.8, 4) is 0 Å². The predicted octanol–water partition coefficient (Wildman–Crippen LogP) is 1.11. The highest BCUT2D eigenvalue weighted by molar-refractivity contribution is 5.45. The molecule has 18 heavy (non-hydrogen) atoms. The third-order valence-electron chi connectivity index (χ3n) is 3.33. The number of nitrogens with zero attached hydrogens (tertiary/aromatic N) is 4. The first-order valence-corrected chi connectivity index (χ1v) is 6.45. The SMILES string of the molecule is CN1CCN(c2cc(C(C)(C)C)nc(N)n2)CC1. The van der Waals surface area contributed by atoms with Gasteiger partial charge in [-0.15, -0.1) is 0 Å². The number of nitrogens with two attached hydrogens (primary N) is 1. The summed E-state index contributed by atoms with van der Waals surface area (Å²) in [5, 5.41) is 0. The molecule has 1 aromatic rings. The molecule has 1 fully saturated rings. The summed E-state index contributed by atoms with van der Waals surface area (Å²) in [6.45, 7) is 10.5. The van der Waals surface area contributed by atoms with Gasteiger partial charge in [-0.3, -0.25) is 0 Å². The van der Waals surface area contributed by atoms with E-state index in [1.807, 2.05) is 0 Å². The minimum atomic E-state index is -0.00160. The van der Waals surface area contributed by atoms with Gasteiger partial charge in [-0.25, -0.2) is 4.98 Å². The molecule has 0 radical (unpaired) electrons. The average molecular weight is 249 g/mol. The molecule has 1 aliphatic rings. The highest BCUT2D eigenvalue weighted by Crippen LogP contribution is 2.24. The Balaban J connectivity index is 2.25. The van der Waals surface area contributed by atoms with Crippen molar-refractivity contribution in [2.75, 3.05) is 43.9 Å². The lowest BCUT2D eigenvalue weighted by molar-refractivity contribution is 0.312. The molecule has 2 rings (SSSR count). The molecular formula is C13H23N5. The van der Waals surface area contributed by atoms with Gasteiger partial charge in [0.05, 0.1) is 5.69 Å². The summed E-state index contributed by atoms with van der Waals surface area (Å²) in [5.41, 5.74) is 6.83. The van der Waals surface area contributed by atoms with Gasteiger partial charge in [-0.05, 0) is 7.05 Å². The Kier molecular flexibility index (Phi) is 3.43. The van der Waals surface area contributed by atoms with E-state index in [-0.39, 0.29) is 5.41 Å². The summed E-state index contributed by atoms with van der Waals surface area (Å²) in [6.07, 6.45) is 0. The molecule has 0 aliphatic carbocycles. The number of likely N-dealkylation sites (N-methyl/N-ethyl adjacent to an activating group) is 1. The molecule has 0 bridgehead atoms. The van der Waals surface area contributed by atoms with Crippen LogP contribution in [0.3, 0.4) is 0 Å². The first-order chi connectivity index (χ1) is 8.36. The number of rotatable bonds is 1. The van der Waals surface area contributed by atoms with Crippen LogP contribution in [0.2, 0.25) is 0 Å². The molecule has 5 heteroatoms. The first kappa shape index (κ1) is 13.1. The molecule has 0 aromatic carbocycles. The molecular weight excluding hydrogens is 226 g/mol. The fourth-order valence-electron chi connectivity index (χ4n) is 2.03. The third kappa shape index (κ3) is 2.90.